The van der Waals surface area contributed by atoms with Crippen LogP contribution in [-0.4, -0.2) is 48.8 Å². The van der Waals surface area contributed by atoms with E-state index in [4.69, 9.17) is 4.74 Å². The zero-order valence-electron chi connectivity index (χ0n) is 13.0. The van der Waals surface area contributed by atoms with Gasteiger partial charge >= 0.3 is 0 Å². The molecule has 1 aliphatic heterocycles. The van der Waals surface area contributed by atoms with Gasteiger partial charge in [0.15, 0.2) is 5.82 Å². The van der Waals surface area contributed by atoms with Crippen LogP contribution in [0, 0.1) is 0 Å². The van der Waals surface area contributed by atoms with E-state index in [1.54, 1.807) is 41.6 Å². The van der Waals surface area contributed by atoms with Crippen LogP contribution in [0.3, 0.4) is 0 Å². The van der Waals surface area contributed by atoms with Crippen molar-refractivity contribution >= 4 is 21.9 Å². The predicted octanol–water partition coefficient (Wildman–Crippen LogP) is 1.03. The summed E-state index contributed by atoms with van der Waals surface area (Å²) >= 11 is 3.30. The Morgan fingerprint density at radius 1 is 1.24 bits per heavy atom. The van der Waals surface area contributed by atoms with Crippen LogP contribution in [0.2, 0.25) is 0 Å². The fraction of sp³-hybridized carbons (Fsp3) is 0.267. The summed E-state index contributed by atoms with van der Waals surface area (Å²) in [6.07, 6.45) is 6.74. The number of anilines is 1. The molecule has 2 atom stereocenters. The second-order valence-corrected chi connectivity index (χ2v) is 6.42. The van der Waals surface area contributed by atoms with Gasteiger partial charge in [-0.05, 0) is 28.1 Å². The maximum Gasteiger partial charge on any atom is 0.267 e. The van der Waals surface area contributed by atoms with Gasteiger partial charge in [-0.15, -0.1) is 5.10 Å². The molecule has 0 aromatic carbocycles. The average molecular weight is 404 g/mol. The Morgan fingerprint density at radius 3 is 2.84 bits per heavy atom. The van der Waals surface area contributed by atoms with E-state index in [9.17, 15) is 4.79 Å². The third kappa shape index (κ3) is 3.30. The first kappa shape index (κ1) is 15.9. The molecule has 9 nitrogen and oxygen atoms in total. The van der Waals surface area contributed by atoms with E-state index in [1.807, 2.05) is 0 Å². The van der Waals surface area contributed by atoms with E-state index in [-0.39, 0.29) is 17.6 Å². The molecule has 128 valence electrons. The summed E-state index contributed by atoms with van der Waals surface area (Å²) in [5, 5.41) is 11.8. The van der Waals surface area contributed by atoms with Crippen molar-refractivity contribution in [3.63, 3.8) is 0 Å². The normalized spacial score (nSPS) is 19.9. The van der Waals surface area contributed by atoms with E-state index in [1.165, 1.54) is 10.7 Å². The van der Waals surface area contributed by atoms with Crippen LogP contribution in [0.15, 0.2) is 52.3 Å². The van der Waals surface area contributed by atoms with Crippen LogP contribution in [0.5, 0.6) is 0 Å². The summed E-state index contributed by atoms with van der Waals surface area (Å²) in [5.41, 5.74) is -0.199. The van der Waals surface area contributed by atoms with Crippen molar-refractivity contribution in [1.82, 2.24) is 29.5 Å². The number of nitrogens with one attached hydrogen (secondary N) is 1. The molecule has 1 aliphatic rings. The first-order chi connectivity index (χ1) is 12.2. The smallest absolute Gasteiger partial charge is 0.267 e. The molecule has 0 amide bonds. The van der Waals surface area contributed by atoms with Crippen LogP contribution >= 0.6 is 15.9 Å². The molecule has 3 aromatic rings. The summed E-state index contributed by atoms with van der Waals surface area (Å²) in [7, 11) is 0. The minimum absolute atomic E-state index is 0.167. The number of nitrogens with zero attached hydrogens (tertiary/aromatic N) is 6. The summed E-state index contributed by atoms with van der Waals surface area (Å²) in [6.45, 7) is 0.813. The molecular weight excluding hydrogens is 390 g/mol. The summed E-state index contributed by atoms with van der Waals surface area (Å²) in [6, 6.07) is 4.48. The molecule has 0 radical (unpaired) electrons. The van der Waals surface area contributed by atoms with Crippen molar-refractivity contribution in [3.05, 3.63) is 57.8 Å². The lowest BCUT2D eigenvalue weighted by Crippen LogP contribution is -2.38. The van der Waals surface area contributed by atoms with Crippen LogP contribution in [-0.2, 0) is 4.74 Å². The standard InChI is InChI=1S/C15H14BrN7O2/c16-10-6-17-15(18-7-10)20-11-8-25-9-12(11)23-14(24)3-2-13(21-23)22-5-1-4-19-22/h1-7,11-12H,8-9H2,(H,17,18,20). The van der Waals surface area contributed by atoms with Crippen molar-refractivity contribution in [1.29, 1.82) is 0 Å². The fourth-order valence-corrected chi connectivity index (χ4v) is 2.86. The van der Waals surface area contributed by atoms with Crippen molar-refractivity contribution in [3.8, 4) is 5.82 Å². The van der Waals surface area contributed by atoms with Gasteiger partial charge < -0.3 is 10.1 Å². The SMILES string of the molecule is O=c1ccc(-n2cccn2)nn1C1COCC1Nc1ncc(Br)cn1. The van der Waals surface area contributed by atoms with Crippen molar-refractivity contribution in [2.24, 2.45) is 0 Å². The first-order valence-corrected chi connectivity index (χ1v) is 8.42. The largest absolute Gasteiger partial charge is 0.377 e. The lowest BCUT2D eigenvalue weighted by Gasteiger charge is -2.20. The van der Waals surface area contributed by atoms with E-state index >= 15 is 0 Å². The van der Waals surface area contributed by atoms with Gasteiger partial charge in [-0.2, -0.15) is 5.10 Å². The maximum absolute atomic E-state index is 12.3. The van der Waals surface area contributed by atoms with E-state index < -0.39 is 0 Å². The Labute approximate surface area is 150 Å². The third-order valence-electron chi connectivity index (χ3n) is 3.85. The molecule has 10 heteroatoms. The van der Waals surface area contributed by atoms with Crippen LogP contribution < -0.4 is 10.9 Å². The number of ether oxygens (including phenoxy) is 1. The number of hydrogen-bond acceptors (Lipinski definition) is 7. The van der Waals surface area contributed by atoms with E-state index in [0.29, 0.717) is 25.0 Å². The summed E-state index contributed by atoms with van der Waals surface area (Å²) < 4.78 is 9.38. The lowest BCUT2D eigenvalue weighted by atomic mass is 10.2. The Balaban J connectivity index is 1.62. The predicted molar refractivity (Wildman–Crippen MR) is 92.6 cm³/mol. The van der Waals surface area contributed by atoms with Crippen LogP contribution in [0.4, 0.5) is 5.95 Å². The van der Waals surface area contributed by atoms with Gasteiger partial charge in [-0.1, -0.05) is 0 Å². The first-order valence-electron chi connectivity index (χ1n) is 7.62. The zero-order chi connectivity index (χ0) is 17.2. The van der Waals surface area contributed by atoms with E-state index in [2.05, 4.69) is 41.4 Å². The van der Waals surface area contributed by atoms with Gasteiger partial charge in [0, 0.05) is 30.9 Å². The number of hydrogen-bond donors (Lipinski definition) is 1. The minimum Gasteiger partial charge on any atom is -0.377 e. The molecule has 0 bridgehead atoms. The number of aromatic nitrogens is 6. The van der Waals surface area contributed by atoms with Gasteiger partial charge in [0.2, 0.25) is 5.95 Å². The molecule has 4 heterocycles. The molecule has 0 spiro atoms. The molecule has 0 saturated carbocycles. The average Bonchev–Trinajstić information content (AvgIpc) is 3.29. The Bertz CT molecular complexity index is 910. The van der Waals surface area contributed by atoms with Gasteiger partial charge in [-0.25, -0.2) is 19.3 Å². The highest BCUT2D eigenvalue weighted by atomic mass is 79.9. The highest BCUT2D eigenvalue weighted by Crippen LogP contribution is 2.21. The highest BCUT2D eigenvalue weighted by Gasteiger charge is 2.32. The second-order valence-electron chi connectivity index (χ2n) is 5.51. The fourth-order valence-electron chi connectivity index (χ4n) is 2.65. The molecule has 3 aromatic heterocycles. The molecule has 4 rings (SSSR count). The van der Waals surface area contributed by atoms with Gasteiger partial charge in [0.25, 0.3) is 5.56 Å². The molecular formula is C15H14BrN7O2. The second kappa shape index (κ2) is 6.73. The summed E-state index contributed by atoms with van der Waals surface area (Å²) in [4.78, 5) is 20.7. The molecule has 25 heavy (non-hydrogen) atoms. The Morgan fingerprint density at radius 2 is 2.08 bits per heavy atom. The highest BCUT2D eigenvalue weighted by molar-refractivity contribution is 9.10. The maximum atomic E-state index is 12.3. The van der Waals surface area contributed by atoms with Gasteiger partial charge in [0.05, 0.1) is 23.7 Å². The monoisotopic (exact) mass is 403 g/mol. The molecule has 2 unspecified atom stereocenters. The topological polar surface area (TPSA) is 99.8 Å². The van der Waals surface area contributed by atoms with Gasteiger partial charge in [0.1, 0.15) is 6.04 Å². The van der Waals surface area contributed by atoms with Crippen LogP contribution in [0.25, 0.3) is 5.82 Å². The zero-order valence-corrected chi connectivity index (χ0v) is 14.6. The third-order valence-corrected chi connectivity index (χ3v) is 4.26. The Hall–Kier alpha value is -2.59. The molecule has 1 N–H and O–H groups in total. The number of halogens is 1. The number of rotatable bonds is 4. The van der Waals surface area contributed by atoms with Crippen molar-refractivity contribution < 1.29 is 4.74 Å². The summed E-state index contributed by atoms with van der Waals surface area (Å²) in [5.74, 6) is 1.04. The van der Waals surface area contributed by atoms with E-state index in [0.717, 1.165) is 4.47 Å². The lowest BCUT2D eigenvalue weighted by molar-refractivity contribution is 0.182. The van der Waals surface area contributed by atoms with Crippen molar-refractivity contribution in [2.75, 3.05) is 18.5 Å². The Kier molecular flexibility index (Phi) is 4.28. The molecule has 1 fully saturated rings. The molecule has 0 aliphatic carbocycles. The van der Waals surface area contributed by atoms with Gasteiger partial charge in [-0.3, -0.25) is 4.79 Å². The molecule has 1 saturated heterocycles. The quantitative estimate of drug-likeness (QED) is 0.694. The van der Waals surface area contributed by atoms with Crippen molar-refractivity contribution in [2.45, 2.75) is 12.1 Å². The van der Waals surface area contributed by atoms with Crippen LogP contribution in [0.1, 0.15) is 6.04 Å². The minimum atomic E-state index is -0.268.